The molecule has 1 aliphatic heterocycles. The van der Waals surface area contributed by atoms with Crippen LogP contribution < -0.4 is 15.4 Å². The summed E-state index contributed by atoms with van der Waals surface area (Å²) in [5.74, 6) is 0.486. The molecule has 1 aromatic carbocycles. The molecule has 0 radical (unpaired) electrons. The van der Waals surface area contributed by atoms with E-state index in [1.54, 1.807) is 0 Å². The number of hydrogen-bond acceptors (Lipinski definition) is 5. The number of amides is 1. The molecule has 2 N–H and O–H groups in total. The molecule has 0 saturated heterocycles. The Morgan fingerprint density at radius 1 is 1.40 bits per heavy atom. The van der Waals surface area contributed by atoms with E-state index in [0.29, 0.717) is 12.3 Å². The molecule has 0 bridgehead atoms. The maximum absolute atomic E-state index is 12.2. The largest absolute Gasteiger partial charge is 0.477 e. The summed E-state index contributed by atoms with van der Waals surface area (Å²) in [4.78, 5) is 12.2. The van der Waals surface area contributed by atoms with Crippen LogP contribution in [0.3, 0.4) is 0 Å². The second kappa shape index (κ2) is 6.58. The molecule has 110 valence electrons. The molecule has 2 unspecified atom stereocenters. The number of para-hydroxylation sites is 2. The molecule has 0 aromatic heterocycles. The average Bonchev–Trinajstić information content (AvgIpc) is 2.48. The number of rotatable bonds is 5. The Labute approximate surface area is 118 Å². The van der Waals surface area contributed by atoms with Gasteiger partial charge in [0.1, 0.15) is 5.75 Å². The summed E-state index contributed by atoms with van der Waals surface area (Å²) in [5, 5.41) is 6.00. The van der Waals surface area contributed by atoms with Crippen LogP contribution in [0.25, 0.3) is 0 Å². The van der Waals surface area contributed by atoms with Gasteiger partial charge in [0.05, 0.1) is 18.3 Å². The van der Waals surface area contributed by atoms with Gasteiger partial charge < -0.3 is 24.8 Å². The molecule has 20 heavy (non-hydrogen) atoms. The molecule has 6 heteroatoms. The lowest BCUT2D eigenvalue weighted by Crippen LogP contribution is -2.51. The van der Waals surface area contributed by atoms with E-state index in [4.69, 9.17) is 14.2 Å². The van der Waals surface area contributed by atoms with Crippen LogP contribution in [0.5, 0.6) is 5.75 Å². The molecule has 1 aromatic rings. The number of benzene rings is 1. The van der Waals surface area contributed by atoms with E-state index in [9.17, 15) is 4.79 Å². The van der Waals surface area contributed by atoms with E-state index in [0.717, 1.165) is 5.69 Å². The van der Waals surface area contributed by atoms with Gasteiger partial charge in [-0.25, -0.2) is 0 Å². The molecular weight excluding hydrogens is 260 g/mol. The van der Waals surface area contributed by atoms with Gasteiger partial charge in [-0.1, -0.05) is 12.1 Å². The zero-order valence-corrected chi connectivity index (χ0v) is 11.9. The number of hydrogen-bond donors (Lipinski definition) is 2. The standard InChI is InChI=1S/C14H20N2O4/c1-9(14(18-2)19-3)16-13(17)12-8-15-10-6-4-5-7-11(10)20-12/h4-7,9,12,14-15H,8H2,1-3H3,(H,16,17). The SMILES string of the molecule is COC(OC)C(C)NC(=O)C1CNc2ccccc2O1. The predicted octanol–water partition coefficient (Wildman–Crippen LogP) is 0.983. The number of carbonyl (C=O) groups is 1. The molecule has 1 aliphatic rings. The monoisotopic (exact) mass is 280 g/mol. The lowest BCUT2D eigenvalue weighted by molar-refractivity contribution is -0.140. The topological polar surface area (TPSA) is 68.8 Å². The molecule has 2 rings (SSSR count). The van der Waals surface area contributed by atoms with Crippen molar-refractivity contribution in [2.45, 2.75) is 25.4 Å². The van der Waals surface area contributed by atoms with Gasteiger partial charge in [-0.15, -0.1) is 0 Å². The van der Waals surface area contributed by atoms with Crippen LogP contribution in [0.2, 0.25) is 0 Å². The van der Waals surface area contributed by atoms with E-state index in [1.807, 2.05) is 31.2 Å². The van der Waals surface area contributed by atoms with Crippen molar-refractivity contribution in [2.75, 3.05) is 26.1 Å². The highest BCUT2D eigenvalue weighted by Gasteiger charge is 2.28. The fourth-order valence-electron chi connectivity index (χ4n) is 2.15. The third-order valence-corrected chi connectivity index (χ3v) is 3.17. The molecule has 1 amide bonds. The third kappa shape index (κ3) is 3.20. The van der Waals surface area contributed by atoms with Gasteiger partial charge in [-0.3, -0.25) is 4.79 Å². The minimum absolute atomic E-state index is 0.196. The van der Waals surface area contributed by atoms with Crippen LogP contribution in [-0.4, -0.2) is 45.1 Å². The number of methoxy groups -OCH3 is 2. The quantitative estimate of drug-likeness (QED) is 0.787. The van der Waals surface area contributed by atoms with Crippen LogP contribution in [0.1, 0.15) is 6.92 Å². The molecule has 1 heterocycles. The van der Waals surface area contributed by atoms with Gasteiger partial charge in [0, 0.05) is 14.2 Å². The highest BCUT2D eigenvalue weighted by atomic mass is 16.7. The van der Waals surface area contributed by atoms with Gasteiger partial charge in [0.15, 0.2) is 12.4 Å². The second-order valence-electron chi connectivity index (χ2n) is 4.62. The van der Waals surface area contributed by atoms with Crippen molar-refractivity contribution in [3.63, 3.8) is 0 Å². The highest BCUT2D eigenvalue weighted by Crippen LogP contribution is 2.28. The van der Waals surface area contributed by atoms with E-state index in [1.165, 1.54) is 14.2 Å². The number of fused-ring (bicyclic) bond motifs is 1. The first-order chi connectivity index (χ1) is 9.65. The molecular formula is C14H20N2O4. The van der Waals surface area contributed by atoms with Crippen LogP contribution in [-0.2, 0) is 14.3 Å². The fraction of sp³-hybridized carbons (Fsp3) is 0.500. The van der Waals surface area contributed by atoms with Crippen molar-refractivity contribution in [1.29, 1.82) is 0 Å². The maximum atomic E-state index is 12.2. The molecule has 0 saturated carbocycles. The Kier molecular flexibility index (Phi) is 4.81. The Bertz CT molecular complexity index is 462. The summed E-state index contributed by atoms with van der Waals surface area (Å²) in [6.45, 7) is 2.25. The Hall–Kier alpha value is -1.79. The summed E-state index contributed by atoms with van der Waals surface area (Å²) >= 11 is 0. The van der Waals surface area contributed by atoms with Crippen molar-refractivity contribution in [3.05, 3.63) is 24.3 Å². The zero-order chi connectivity index (χ0) is 14.5. The Morgan fingerprint density at radius 3 is 2.80 bits per heavy atom. The third-order valence-electron chi connectivity index (χ3n) is 3.17. The number of ether oxygens (including phenoxy) is 3. The Balaban J connectivity index is 1.95. The van der Waals surface area contributed by atoms with Crippen molar-refractivity contribution in [1.82, 2.24) is 5.32 Å². The molecule has 0 fully saturated rings. The van der Waals surface area contributed by atoms with E-state index < -0.39 is 12.4 Å². The molecule has 0 aliphatic carbocycles. The smallest absolute Gasteiger partial charge is 0.263 e. The van der Waals surface area contributed by atoms with Gasteiger partial charge in [0.25, 0.3) is 5.91 Å². The van der Waals surface area contributed by atoms with E-state index in [-0.39, 0.29) is 11.9 Å². The summed E-state index contributed by atoms with van der Waals surface area (Å²) in [6.07, 6.45) is -1.05. The van der Waals surface area contributed by atoms with Gasteiger partial charge in [-0.05, 0) is 19.1 Å². The van der Waals surface area contributed by atoms with Crippen molar-refractivity contribution >= 4 is 11.6 Å². The van der Waals surface area contributed by atoms with Gasteiger partial charge in [0.2, 0.25) is 0 Å². The Morgan fingerprint density at radius 2 is 2.10 bits per heavy atom. The highest BCUT2D eigenvalue weighted by molar-refractivity contribution is 5.83. The van der Waals surface area contributed by atoms with Crippen molar-refractivity contribution in [2.24, 2.45) is 0 Å². The van der Waals surface area contributed by atoms with Crippen LogP contribution in [0.4, 0.5) is 5.69 Å². The summed E-state index contributed by atoms with van der Waals surface area (Å²) < 4.78 is 15.9. The van der Waals surface area contributed by atoms with Crippen molar-refractivity contribution < 1.29 is 19.0 Å². The van der Waals surface area contributed by atoms with Crippen LogP contribution in [0, 0.1) is 0 Å². The normalized spacial score (nSPS) is 18.7. The summed E-state index contributed by atoms with van der Waals surface area (Å²) in [7, 11) is 3.07. The minimum Gasteiger partial charge on any atom is -0.477 e. The minimum atomic E-state index is -0.568. The lowest BCUT2D eigenvalue weighted by atomic mass is 10.2. The van der Waals surface area contributed by atoms with E-state index >= 15 is 0 Å². The van der Waals surface area contributed by atoms with Crippen LogP contribution in [0.15, 0.2) is 24.3 Å². The predicted molar refractivity (Wildman–Crippen MR) is 74.8 cm³/mol. The van der Waals surface area contributed by atoms with Gasteiger partial charge >= 0.3 is 0 Å². The second-order valence-corrected chi connectivity index (χ2v) is 4.62. The van der Waals surface area contributed by atoms with E-state index in [2.05, 4.69) is 10.6 Å². The van der Waals surface area contributed by atoms with Crippen molar-refractivity contribution in [3.8, 4) is 5.75 Å². The zero-order valence-electron chi connectivity index (χ0n) is 11.9. The fourth-order valence-corrected chi connectivity index (χ4v) is 2.15. The first-order valence-corrected chi connectivity index (χ1v) is 6.51. The lowest BCUT2D eigenvalue weighted by Gasteiger charge is -2.29. The number of anilines is 1. The molecule has 2 atom stereocenters. The number of carbonyl (C=O) groups excluding carboxylic acids is 1. The maximum Gasteiger partial charge on any atom is 0.263 e. The summed E-state index contributed by atoms with van der Waals surface area (Å²) in [5.41, 5.74) is 0.899. The molecule has 6 nitrogen and oxygen atoms in total. The first kappa shape index (κ1) is 14.6. The van der Waals surface area contributed by atoms with Gasteiger partial charge in [-0.2, -0.15) is 0 Å². The van der Waals surface area contributed by atoms with Crippen LogP contribution >= 0.6 is 0 Å². The summed E-state index contributed by atoms with van der Waals surface area (Å²) in [6, 6.07) is 7.27. The number of nitrogens with one attached hydrogen (secondary N) is 2. The average molecular weight is 280 g/mol. The first-order valence-electron chi connectivity index (χ1n) is 6.51. The molecule has 0 spiro atoms.